The van der Waals surface area contributed by atoms with Crippen molar-refractivity contribution < 1.29 is 9.53 Å². The van der Waals surface area contributed by atoms with Gasteiger partial charge in [0.1, 0.15) is 17.5 Å². The van der Waals surface area contributed by atoms with Gasteiger partial charge in [-0.25, -0.2) is 0 Å². The molecule has 1 atom stereocenters. The molecule has 8 heteroatoms. The minimum atomic E-state index is 0. The van der Waals surface area contributed by atoms with Gasteiger partial charge in [-0.3, -0.25) is 9.48 Å². The largest absolute Gasteiger partial charge is 0.489 e. The zero-order chi connectivity index (χ0) is 18.6. The average Bonchev–Trinajstić information content (AvgIpc) is 3.21. The molecule has 2 saturated heterocycles. The molecule has 1 aromatic heterocycles. The number of carbonyl (C=O) groups is 1. The molecule has 1 unspecified atom stereocenters. The predicted molar refractivity (Wildman–Crippen MR) is 112 cm³/mol. The average molecular weight is 425 g/mol. The topological polar surface area (TPSA) is 59.4 Å². The highest BCUT2D eigenvalue weighted by Gasteiger charge is 2.27. The summed E-state index contributed by atoms with van der Waals surface area (Å²) in [6, 6.07) is 9.69. The molecule has 2 aliphatic rings. The van der Waals surface area contributed by atoms with Crippen LogP contribution in [0.5, 0.6) is 5.75 Å². The number of ether oxygens (including phenoxy) is 1. The summed E-state index contributed by atoms with van der Waals surface area (Å²) in [5, 5.41) is 8.55. The van der Waals surface area contributed by atoms with Crippen LogP contribution in [0.3, 0.4) is 0 Å². The number of hydrogen-bond acceptors (Lipinski definition) is 4. The summed E-state index contributed by atoms with van der Waals surface area (Å²) in [5.41, 5.74) is 0.533. The lowest BCUT2D eigenvalue weighted by Gasteiger charge is -2.32. The maximum atomic E-state index is 12.8. The second-order valence-electron chi connectivity index (χ2n) is 7.22. The minimum absolute atomic E-state index is 0. The third-order valence-electron chi connectivity index (χ3n) is 5.33. The fourth-order valence-electron chi connectivity index (χ4n) is 3.77. The van der Waals surface area contributed by atoms with Crippen LogP contribution < -0.4 is 10.1 Å². The number of benzene rings is 1. The van der Waals surface area contributed by atoms with Crippen molar-refractivity contribution in [3.8, 4) is 5.75 Å². The van der Waals surface area contributed by atoms with Gasteiger partial charge in [-0.1, -0.05) is 23.7 Å². The van der Waals surface area contributed by atoms with Gasteiger partial charge in [-0.05, 0) is 37.6 Å². The van der Waals surface area contributed by atoms with Crippen molar-refractivity contribution in [2.24, 2.45) is 0 Å². The molecule has 1 N–H and O–H groups in total. The molecule has 2 aliphatic heterocycles. The number of amides is 1. The van der Waals surface area contributed by atoms with Gasteiger partial charge in [-0.2, -0.15) is 5.10 Å². The van der Waals surface area contributed by atoms with Crippen LogP contribution in [0.1, 0.15) is 42.2 Å². The Morgan fingerprint density at radius 3 is 2.68 bits per heavy atom. The van der Waals surface area contributed by atoms with E-state index in [9.17, 15) is 4.79 Å². The Morgan fingerprint density at radius 2 is 1.96 bits per heavy atom. The van der Waals surface area contributed by atoms with Gasteiger partial charge in [0.25, 0.3) is 5.91 Å². The summed E-state index contributed by atoms with van der Waals surface area (Å²) in [7, 11) is 0. The Hall–Kier alpha value is -1.76. The van der Waals surface area contributed by atoms with Gasteiger partial charge in [0.15, 0.2) is 0 Å². The molecule has 4 rings (SSSR count). The van der Waals surface area contributed by atoms with E-state index in [2.05, 4.69) is 10.4 Å². The van der Waals surface area contributed by atoms with E-state index in [-0.39, 0.29) is 24.4 Å². The zero-order valence-electron chi connectivity index (χ0n) is 15.7. The van der Waals surface area contributed by atoms with Crippen molar-refractivity contribution in [2.75, 3.05) is 26.2 Å². The first-order chi connectivity index (χ1) is 13.2. The van der Waals surface area contributed by atoms with E-state index in [0.29, 0.717) is 35.6 Å². The summed E-state index contributed by atoms with van der Waals surface area (Å²) >= 11 is 6.16. The van der Waals surface area contributed by atoms with E-state index < -0.39 is 0 Å². The normalized spacial score (nSPS) is 20.5. The Bertz CT molecular complexity index is 784. The molecule has 3 heterocycles. The Balaban J connectivity index is 0.00000225. The number of rotatable bonds is 4. The van der Waals surface area contributed by atoms with Crippen molar-refractivity contribution >= 4 is 29.9 Å². The number of hydrogen-bond donors (Lipinski definition) is 1. The molecule has 6 nitrogen and oxygen atoms in total. The second-order valence-corrected chi connectivity index (χ2v) is 7.63. The maximum absolute atomic E-state index is 12.8. The van der Waals surface area contributed by atoms with Gasteiger partial charge in [0.05, 0.1) is 11.1 Å². The van der Waals surface area contributed by atoms with E-state index in [1.807, 2.05) is 46.1 Å². The van der Waals surface area contributed by atoms with Crippen LogP contribution in [0.25, 0.3) is 0 Å². The van der Waals surface area contributed by atoms with Gasteiger partial charge in [0, 0.05) is 38.7 Å². The Morgan fingerprint density at radius 1 is 1.18 bits per heavy atom. The van der Waals surface area contributed by atoms with Gasteiger partial charge >= 0.3 is 0 Å². The standard InChI is InChI=1S/C20H25ClN4O2.ClH/c21-17-5-1-2-6-19(17)27-16-7-11-24(12-8-16)20(26)18-9-13-25(23-18)15-4-3-10-22-14-15;/h1-2,5-6,9,13,15-16,22H,3-4,7-8,10-12,14H2;1H. The van der Waals surface area contributed by atoms with Crippen molar-refractivity contribution in [3.05, 3.63) is 47.2 Å². The number of aromatic nitrogens is 2. The highest BCUT2D eigenvalue weighted by molar-refractivity contribution is 6.32. The second kappa shape index (κ2) is 9.63. The maximum Gasteiger partial charge on any atom is 0.274 e. The third kappa shape index (κ3) is 4.80. The van der Waals surface area contributed by atoms with Crippen LogP contribution >= 0.6 is 24.0 Å². The molecule has 2 fully saturated rings. The van der Waals surface area contributed by atoms with Crippen LogP contribution in [0.2, 0.25) is 5.02 Å². The van der Waals surface area contributed by atoms with E-state index in [1.54, 1.807) is 0 Å². The lowest BCUT2D eigenvalue weighted by Crippen LogP contribution is -2.42. The molecular weight excluding hydrogens is 399 g/mol. The van der Waals surface area contributed by atoms with Crippen LogP contribution in [0, 0.1) is 0 Å². The summed E-state index contributed by atoms with van der Waals surface area (Å²) in [6.07, 6.45) is 5.85. The van der Waals surface area contributed by atoms with Crippen molar-refractivity contribution in [2.45, 2.75) is 37.8 Å². The molecule has 0 bridgehead atoms. The fourth-order valence-corrected chi connectivity index (χ4v) is 3.95. The lowest BCUT2D eigenvalue weighted by molar-refractivity contribution is 0.0589. The molecule has 28 heavy (non-hydrogen) atoms. The first kappa shape index (κ1) is 21.0. The third-order valence-corrected chi connectivity index (χ3v) is 5.64. The monoisotopic (exact) mass is 424 g/mol. The smallest absolute Gasteiger partial charge is 0.274 e. The number of para-hydroxylation sites is 1. The minimum Gasteiger partial charge on any atom is -0.489 e. The summed E-state index contributed by atoms with van der Waals surface area (Å²) < 4.78 is 7.94. The fraction of sp³-hybridized carbons (Fsp3) is 0.500. The first-order valence-corrected chi connectivity index (χ1v) is 10.0. The highest BCUT2D eigenvalue weighted by Crippen LogP contribution is 2.27. The number of halogens is 2. The van der Waals surface area contributed by atoms with E-state index in [1.165, 1.54) is 0 Å². The quantitative estimate of drug-likeness (QED) is 0.814. The van der Waals surface area contributed by atoms with Crippen LogP contribution in [0.4, 0.5) is 0 Å². The summed E-state index contributed by atoms with van der Waals surface area (Å²) in [6.45, 7) is 3.33. The predicted octanol–water partition coefficient (Wildman–Crippen LogP) is 3.57. The molecular formula is C20H26Cl2N4O2. The molecule has 1 aromatic carbocycles. The van der Waals surface area contributed by atoms with Crippen molar-refractivity contribution in [1.29, 1.82) is 0 Å². The lowest BCUT2D eigenvalue weighted by atomic mass is 10.1. The van der Waals surface area contributed by atoms with Crippen LogP contribution in [0.15, 0.2) is 36.5 Å². The molecule has 1 amide bonds. The zero-order valence-corrected chi connectivity index (χ0v) is 17.3. The van der Waals surface area contributed by atoms with E-state index in [4.69, 9.17) is 16.3 Å². The van der Waals surface area contributed by atoms with E-state index >= 15 is 0 Å². The molecule has 0 spiro atoms. The SMILES string of the molecule is Cl.O=C(c1ccn(C2CCCNC2)n1)N1CCC(Oc2ccccc2Cl)CC1. The number of piperidine rings is 2. The Kier molecular flexibility index (Phi) is 7.21. The van der Waals surface area contributed by atoms with Crippen molar-refractivity contribution in [1.82, 2.24) is 20.0 Å². The van der Waals surface area contributed by atoms with Crippen molar-refractivity contribution in [3.63, 3.8) is 0 Å². The number of carbonyl (C=O) groups excluding carboxylic acids is 1. The van der Waals surface area contributed by atoms with Gasteiger partial charge < -0.3 is 15.0 Å². The first-order valence-electron chi connectivity index (χ1n) is 9.67. The molecule has 0 radical (unpaired) electrons. The van der Waals surface area contributed by atoms with Crippen LogP contribution in [-0.2, 0) is 0 Å². The number of nitrogens with zero attached hydrogens (tertiary/aromatic N) is 3. The van der Waals surface area contributed by atoms with Gasteiger partial charge in [-0.15, -0.1) is 12.4 Å². The molecule has 152 valence electrons. The Labute approximate surface area is 176 Å². The number of likely N-dealkylation sites (tertiary alicyclic amines) is 1. The van der Waals surface area contributed by atoms with Crippen LogP contribution in [-0.4, -0.2) is 52.9 Å². The number of nitrogens with one attached hydrogen (secondary N) is 1. The van der Waals surface area contributed by atoms with Gasteiger partial charge in [0.2, 0.25) is 0 Å². The molecule has 0 saturated carbocycles. The molecule has 0 aliphatic carbocycles. The van der Waals surface area contributed by atoms with E-state index in [0.717, 1.165) is 38.8 Å². The molecule has 2 aromatic rings. The summed E-state index contributed by atoms with van der Waals surface area (Å²) in [5.74, 6) is 0.720. The highest BCUT2D eigenvalue weighted by atomic mass is 35.5. The summed E-state index contributed by atoms with van der Waals surface area (Å²) in [4.78, 5) is 14.7.